The van der Waals surface area contributed by atoms with Crippen molar-refractivity contribution in [2.45, 2.75) is 6.61 Å². The van der Waals surface area contributed by atoms with Crippen LogP contribution in [0.25, 0.3) is 6.08 Å². The van der Waals surface area contributed by atoms with Crippen molar-refractivity contribution in [2.75, 3.05) is 32.8 Å². The maximum Gasteiger partial charge on any atom is 0.294 e. The van der Waals surface area contributed by atoms with E-state index in [4.69, 9.17) is 32.7 Å². The highest BCUT2D eigenvalue weighted by atomic mass is 35.5. The minimum Gasteiger partial charge on any atom is -0.488 e. The fourth-order valence-electron chi connectivity index (χ4n) is 3.35. The number of carbonyl (C=O) groups excluding carboxylic acids is 3. The number of benzene rings is 2. The van der Waals surface area contributed by atoms with Gasteiger partial charge in [0.2, 0.25) is 5.91 Å². The second kappa shape index (κ2) is 10.6. The molecule has 0 unspecified atom stereocenters. The predicted octanol–water partition coefficient (Wildman–Crippen LogP) is 4.47. The van der Waals surface area contributed by atoms with Crippen LogP contribution in [-0.2, 0) is 20.9 Å². The number of morpholine rings is 1. The molecule has 2 aliphatic rings. The summed E-state index contributed by atoms with van der Waals surface area (Å²) in [5.41, 5.74) is 1.39. The number of ether oxygens (including phenoxy) is 2. The highest BCUT2D eigenvalue weighted by molar-refractivity contribution is 8.18. The fraction of sp³-hybridized carbons (Fsp3) is 0.261. The van der Waals surface area contributed by atoms with Gasteiger partial charge in [-0.05, 0) is 36.0 Å². The molecular formula is C23H20Cl2N2O5S. The van der Waals surface area contributed by atoms with Gasteiger partial charge in [0, 0.05) is 34.3 Å². The van der Waals surface area contributed by atoms with Crippen molar-refractivity contribution in [3.63, 3.8) is 0 Å². The SMILES string of the molecule is O=C(CN1C(=O)S/C(=C\c2ccccc2OCc2ccc(Cl)cc2Cl)C1=O)N1CCOCC1. The zero-order chi connectivity index (χ0) is 23.4. The number of hydrogen-bond donors (Lipinski definition) is 0. The molecule has 2 aromatic carbocycles. The van der Waals surface area contributed by atoms with E-state index >= 15 is 0 Å². The van der Waals surface area contributed by atoms with Crippen LogP contribution in [0.4, 0.5) is 4.79 Å². The molecule has 0 bridgehead atoms. The van der Waals surface area contributed by atoms with Gasteiger partial charge < -0.3 is 14.4 Å². The summed E-state index contributed by atoms with van der Waals surface area (Å²) in [5.74, 6) is -0.243. The maximum atomic E-state index is 12.9. The van der Waals surface area contributed by atoms with Crippen molar-refractivity contribution >= 4 is 58.1 Å². The third-order valence-corrected chi connectivity index (χ3v) is 6.63. The first-order chi connectivity index (χ1) is 15.9. The van der Waals surface area contributed by atoms with Gasteiger partial charge in [-0.2, -0.15) is 0 Å². The number of para-hydroxylation sites is 1. The Morgan fingerprint density at radius 3 is 2.64 bits per heavy atom. The van der Waals surface area contributed by atoms with Crippen molar-refractivity contribution in [3.8, 4) is 5.75 Å². The van der Waals surface area contributed by atoms with Gasteiger partial charge in [-0.25, -0.2) is 0 Å². The molecule has 0 atom stereocenters. The number of carbonyl (C=O) groups is 3. The smallest absolute Gasteiger partial charge is 0.294 e. The molecule has 7 nitrogen and oxygen atoms in total. The van der Waals surface area contributed by atoms with Gasteiger partial charge in [0.15, 0.2) is 0 Å². The van der Waals surface area contributed by atoms with Crippen molar-refractivity contribution in [1.82, 2.24) is 9.80 Å². The van der Waals surface area contributed by atoms with Gasteiger partial charge in [0.1, 0.15) is 18.9 Å². The molecule has 2 aromatic rings. The van der Waals surface area contributed by atoms with Crippen LogP contribution in [0.2, 0.25) is 10.0 Å². The highest BCUT2D eigenvalue weighted by Crippen LogP contribution is 2.34. The average molecular weight is 507 g/mol. The molecule has 172 valence electrons. The molecular weight excluding hydrogens is 487 g/mol. The third kappa shape index (κ3) is 5.70. The molecule has 2 fully saturated rings. The van der Waals surface area contributed by atoms with Gasteiger partial charge >= 0.3 is 0 Å². The van der Waals surface area contributed by atoms with Crippen LogP contribution >= 0.6 is 35.0 Å². The van der Waals surface area contributed by atoms with Gasteiger partial charge in [-0.1, -0.05) is 47.5 Å². The second-order valence-electron chi connectivity index (χ2n) is 7.32. The number of imide groups is 1. The lowest BCUT2D eigenvalue weighted by Gasteiger charge is -2.28. The standard InChI is InChI=1S/C23H20Cl2N2O5S/c24-17-6-5-16(18(25)12-17)14-32-19-4-2-1-3-15(19)11-20-22(29)27(23(30)33-20)13-21(28)26-7-9-31-10-8-26/h1-6,11-12H,7-10,13-14H2/b20-11-. The van der Waals surface area contributed by atoms with Crippen LogP contribution in [0.15, 0.2) is 47.4 Å². The van der Waals surface area contributed by atoms with E-state index in [9.17, 15) is 14.4 Å². The molecule has 0 spiro atoms. The summed E-state index contributed by atoms with van der Waals surface area (Å²) in [6, 6.07) is 12.3. The zero-order valence-electron chi connectivity index (χ0n) is 17.5. The van der Waals surface area contributed by atoms with Crippen molar-refractivity contribution in [1.29, 1.82) is 0 Å². The Labute approximate surface area is 205 Å². The third-order valence-electron chi connectivity index (χ3n) is 5.13. The molecule has 33 heavy (non-hydrogen) atoms. The van der Waals surface area contributed by atoms with E-state index in [0.29, 0.717) is 47.7 Å². The fourth-order valence-corrected chi connectivity index (χ4v) is 4.64. The number of halogens is 2. The van der Waals surface area contributed by atoms with Gasteiger partial charge in [0.25, 0.3) is 11.1 Å². The normalized spacial score (nSPS) is 17.7. The number of thioether (sulfide) groups is 1. The molecule has 10 heteroatoms. The highest BCUT2D eigenvalue weighted by Gasteiger charge is 2.37. The summed E-state index contributed by atoms with van der Waals surface area (Å²) in [6.07, 6.45) is 1.60. The lowest BCUT2D eigenvalue weighted by molar-refractivity contribution is -0.139. The molecule has 2 aliphatic heterocycles. The van der Waals surface area contributed by atoms with Gasteiger partial charge in [0.05, 0.1) is 18.1 Å². The lowest BCUT2D eigenvalue weighted by Crippen LogP contribution is -2.46. The molecule has 0 aromatic heterocycles. The molecule has 2 heterocycles. The number of nitrogens with zero attached hydrogens (tertiary/aromatic N) is 2. The van der Waals surface area contributed by atoms with Crippen LogP contribution in [0.5, 0.6) is 5.75 Å². The Bertz CT molecular complexity index is 1120. The van der Waals surface area contributed by atoms with Crippen molar-refractivity contribution in [3.05, 3.63) is 68.5 Å². The van der Waals surface area contributed by atoms with E-state index in [1.54, 1.807) is 47.4 Å². The quantitative estimate of drug-likeness (QED) is 0.538. The lowest BCUT2D eigenvalue weighted by atomic mass is 10.1. The topological polar surface area (TPSA) is 76.2 Å². The Morgan fingerprint density at radius 2 is 1.88 bits per heavy atom. The van der Waals surface area contributed by atoms with Crippen LogP contribution in [-0.4, -0.2) is 59.7 Å². The summed E-state index contributed by atoms with van der Waals surface area (Å²) < 4.78 is 11.2. The van der Waals surface area contributed by atoms with Crippen LogP contribution in [0.3, 0.4) is 0 Å². The first-order valence-corrected chi connectivity index (χ1v) is 11.8. The Hall–Kier alpha value is -2.52. The van der Waals surface area contributed by atoms with Gasteiger partial charge in [-0.3, -0.25) is 19.3 Å². The van der Waals surface area contributed by atoms with E-state index < -0.39 is 11.1 Å². The largest absolute Gasteiger partial charge is 0.488 e. The average Bonchev–Trinajstić information content (AvgIpc) is 3.07. The first-order valence-electron chi connectivity index (χ1n) is 10.2. The summed E-state index contributed by atoms with van der Waals surface area (Å²) in [5, 5.41) is 0.553. The summed E-state index contributed by atoms with van der Waals surface area (Å²) in [6.45, 7) is 1.73. The predicted molar refractivity (Wildman–Crippen MR) is 127 cm³/mol. The van der Waals surface area contributed by atoms with Crippen LogP contribution in [0.1, 0.15) is 11.1 Å². The van der Waals surface area contributed by atoms with E-state index in [0.717, 1.165) is 22.2 Å². The minimum atomic E-state index is -0.498. The number of hydrogen-bond acceptors (Lipinski definition) is 6. The van der Waals surface area contributed by atoms with Crippen molar-refractivity contribution in [2.24, 2.45) is 0 Å². The number of amides is 3. The first kappa shape index (κ1) is 23.6. The van der Waals surface area contributed by atoms with E-state index in [2.05, 4.69) is 0 Å². The minimum absolute atomic E-state index is 0.205. The summed E-state index contributed by atoms with van der Waals surface area (Å²) in [7, 11) is 0. The Morgan fingerprint density at radius 1 is 1.12 bits per heavy atom. The summed E-state index contributed by atoms with van der Waals surface area (Å²) >= 11 is 13.0. The van der Waals surface area contributed by atoms with E-state index in [-0.39, 0.29) is 24.0 Å². The second-order valence-corrected chi connectivity index (χ2v) is 9.16. The van der Waals surface area contributed by atoms with E-state index in [1.807, 2.05) is 6.07 Å². The maximum absolute atomic E-state index is 12.9. The molecule has 3 amide bonds. The zero-order valence-corrected chi connectivity index (χ0v) is 19.8. The van der Waals surface area contributed by atoms with E-state index in [1.165, 1.54) is 0 Å². The molecule has 0 saturated carbocycles. The molecule has 4 rings (SSSR count). The van der Waals surface area contributed by atoms with Crippen LogP contribution in [0, 0.1) is 0 Å². The Kier molecular flexibility index (Phi) is 7.60. The molecule has 0 aliphatic carbocycles. The van der Waals surface area contributed by atoms with Gasteiger partial charge in [-0.15, -0.1) is 0 Å². The Balaban J connectivity index is 1.47. The molecule has 0 N–H and O–H groups in total. The van der Waals surface area contributed by atoms with Crippen LogP contribution < -0.4 is 4.74 Å². The molecule has 2 saturated heterocycles. The molecule has 0 radical (unpaired) electrons. The van der Waals surface area contributed by atoms with Crippen molar-refractivity contribution < 1.29 is 23.9 Å². The monoisotopic (exact) mass is 506 g/mol. The number of rotatable bonds is 6. The summed E-state index contributed by atoms with van der Waals surface area (Å²) in [4.78, 5) is 40.6.